The molecule has 82 valence electrons. The molecule has 1 heteroatoms. The third-order valence-electron chi connectivity index (χ3n) is 2.38. The average molecular weight is 212 g/mol. The predicted octanol–water partition coefficient (Wildman–Crippen LogP) is 3.54. The van der Waals surface area contributed by atoms with Gasteiger partial charge in [-0.15, -0.1) is 0 Å². The molecule has 0 aromatic carbocycles. The number of allylic oxidation sites excluding steroid dienone is 10. The number of hydrogen-bond donors (Lipinski definition) is 0. The molecule has 1 saturated carbocycles. The summed E-state index contributed by atoms with van der Waals surface area (Å²) < 4.78 is 0. The van der Waals surface area contributed by atoms with Crippen molar-refractivity contribution >= 4 is 6.29 Å². The van der Waals surface area contributed by atoms with Crippen molar-refractivity contribution in [3.63, 3.8) is 0 Å². The Balaban J connectivity index is 2.37. The molecule has 0 radical (unpaired) electrons. The van der Waals surface area contributed by atoms with Crippen LogP contribution in [0.15, 0.2) is 72.9 Å². The molecule has 0 aromatic heterocycles. The van der Waals surface area contributed by atoms with Crippen LogP contribution in [0.2, 0.25) is 0 Å². The maximum atomic E-state index is 10.3. The van der Waals surface area contributed by atoms with Crippen LogP contribution < -0.4 is 0 Å². The maximum Gasteiger partial charge on any atom is 0.120 e. The normalized spacial score (nSPS) is 22.6. The van der Waals surface area contributed by atoms with Gasteiger partial charge in [-0.1, -0.05) is 61.8 Å². The summed E-state index contributed by atoms with van der Waals surface area (Å²) in [6.07, 6.45) is 16.8. The Morgan fingerprint density at radius 2 is 1.69 bits per heavy atom. The van der Waals surface area contributed by atoms with Gasteiger partial charge in [0.2, 0.25) is 0 Å². The SMILES string of the molecule is C=C\C=C/C=C\C=C/C=C1\C(=C)C1CC=O. The van der Waals surface area contributed by atoms with Crippen LogP contribution in [0.3, 0.4) is 0 Å². The van der Waals surface area contributed by atoms with Gasteiger partial charge in [0, 0.05) is 12.3 Å². The summed E-state index contributed by atoms with van der Waals surface area (Å²) in [6.45, 7) is 7.46. The van der Waals surface area contributed by atoms with Crippen LogP contribution in [0.4, 0.5) is 0 Å². The summed E-state index contributed by atoms with van der Waals surface area (Å²) in [5.41, 5.74) is 2.28. The van der Waals surface area contributed by atoms with Crippen molar-refractivity contribution in [1.29, 1.82) is 0 Å². The maximum absolute atomic E-state index is 10.3. The van der Waals surface area contributed by atoms with Crippen molar-refractivity contribution in [3.05, 3.63) is 72.9 Å². The first-order chi connectivity index (χ1) is 7.81. The molecule has 1 fully saturated rings. The lowest BCUT2D eigenvalue weighted by Crippen LogP contribution is -1.75. The van der Waals surface area contributed by atoms with E-state index in [0.717, 1.165) is 11.9 Å². The van der Waals surface area contributed by atoms with Crippen molar-refractivity contribution in [2.75, 3.05) is 0 Å². The molecule has 1 unspecified atom stereocenters. The first-order valence-electron chi connectivity index (χ1n) is 5.26. The fourth-order valence-corrected chi connectivity index (χ4v) is 1.42. The zero-order chi connectivity index (χ0) is 11.8. The molecule has 0 saturated heterocycles. The van der Waals surface area contributed by atoms with Gasteiger partial charge in [0.05, 0.1) is 0 Å². The van der Waals surface area contributed by atoms with Crippen molar-refractivity contribution < 1.29 is 4.79 Å². The number of carbonyl (C=O) groups excluding carboxylic acids is 1. The molecule has 1 atom stereocenters. The van der Waals surface area contributed by atoms with Crippen LogP contribution in [-0.4, -0.2) is 6.29 Å². The third kappa shape index (κ3) is 3.70. The Hall–Kier alpha value is -1.89. The Labute approximate surface area is 96.9 Å². The molecular weight excluding hydrogens is 196 g/mol. The molecule has 1 rings (SSSR count). The van der Waals surface area contributed by atoms with Crippen LogP contribution in [0, 0.1) is 5.92 Å². The molecule has 1 nitrogen and oxygen atoms in total. The second kappa shape index (κ2) is 6.57. The number of hydrogen-bond acceptors (Lipinski definition) is 1. The largest absolute Gasteiger partial charge is 0.303 e. The van der Waals surface area contributed by atoms with Gasteiger partial charge >= 0.3 is 0 Å². The zero-order valence-electron chi connectivity index (χ0n) is 9.30. The Morgan fingerprint density at radius 1 is 1.06 bits per heavy atom. The first kappa shape index (κ1) is 12.2. The average Bonchev–Trinajstić information content (AvgIpc) is 2.88. The van der Waals surface area contributed by atoms with Crippen molar-refractivity contribution in [1.82, 2.24) is 0 Å². The zero-order valence-corrected chi connectivity index (χ0v) is 9.30. The number of aldehydes is 1. The Bertz CT molecular complexity index is 392. The summed E-state index contributed by atoms with van der Waals surface area (Å²) in [7, 11) is 0. The van der Waals surface area contributed by atoms with Gasteiger partial charge in [0.15, 0.2) is 0 Å². The molecule has 0 spiro atoms. The van der Waals surface area contributed by atoms with Crippen LogP contribution >= 0.6 is 0 Å². The molecule has 1 aliphatic rings. The fraction of sp³-hybridized carbons (Fsp3) is 0.133. The van der Waals surface area contributed by atoms with Crippen molar-refractivity contribution in [3.8, 4) is 0 Å². The third-order valence-corrected chi connectivity index (χ3v) is 2.38. The molecule has 0 aliphatic heterocycles. The summed E-state index contributed by atoms with van der Waals surface area (Å²) in [4.78, 5) is 10.3. The quantitative estimate of drug-likeness (QED) is 0.486. The van der Waals surface area contributed by atoms with Crippen LogP contribution in [0.25, 0.3) is 0 Å². The lowest BCUT2D eigenvalue weighted by Gasteiger charge is -1.77. The van der Waals surface area contributed by atoms with Gasteiger partial charge in [-0.3, -0.25) is 0 Å². The van der Waals surface area contributed by atoms with Crippen LogP contribution in [-0.2, 0) is 4.79 Å². The minimum absolute atomic E-state index is 0.298. The molecular formula is C15H16O. The highest BCUT2D eigenvalue weighted by molar-refractivity contribution is 5.63. The molecule has 0 aromatic rings. The highest BCUT2D eigenvalue weighted by Crippen LogP contribution is 2.45. The molecule has 0 heterocycles. The van der Waals surface area contributed by atoms with Crippen molar-refractivity contribution in [2.45, 2.75) is 6.42 Å². The number of carbonyl (C=O) groups is 1. The van der Waals surface area contributed by atoms with E-state index in [1.54, 1.807) is 6.08 Å². The monoisotopic (exact) mass is 212 g/mol. The Morgan fingerprint density at radius 3 is 2.31 bits per heavy atom. The second-order valence-corrected chi connectivity index (χ2v) is 3.49. The lowest BCUT2D eigenvalue weighted by atomic mass is 10.3. The topological polar surface area (TPSA) is 17.1 Å². The molecule has 0 N–H and O–H groups in total. The lowest BCUT2D eigenvalue weighted by molar-refractivity contribution is -0.108. The van der Waals surface area contributed by atoms with E-state index >= 15 is 0 Å². The van der Waals surface area contributed by atoms with Gasteiger partial charge in [0.25, 0.3) is 0 Å². The summed E-state index contributed by atoms with van der Waals surface area (Å²) in [5.74, 6) is 0.298. The van der Waals surface area contributed by atoms with E-state index in [1.165, 1.54) is 5.57 Å². The van der Waals surface area contributed by atoms with E-state index in [9.17, 15) is 4.79 Å². The van der Waals surface area contributed by atoms with E-state index < -0.39 is 0 Å². The van der Waals surface area contributed by atoms with E-state index in [-0.39, 0.29) is 0 Å². The molecule has 16 heavy (non-hydrogen) atoms. The predicted molar refractivity (Wildman–Crippen MR) is 69.0 cm³/mol. The molecule has 1 aliphatic carbocycles. The summed E-state index contributed by atoms with van der Waals surface area (Å²) >= 11 is 0. The van der Waals surface area contributed by atoms with E-state index in [1.807, 2.05) is 42.5 Å². The van der Waals surface area contributed by atoms with Crippen molar-refractivity contribution in [2.24, 2.45) is 5.92 Å². The summed E-state index contributed by atoms with van der Waals surface area (Å²) in [6, 6.07) is 0. The number of rotatable bonds is 6. The molecule has 0 bridgehead atoms. The second-order valence-electron chi connectivity index (χ2n) is 3.49. The first-order valence-corrected chi connectivity index (χ1v) is 5.26. The minimum atomic E-state index is 0.298. The Kier molecular flexibility index (Phi) is 5.00. The van der Waals surface area contributed by atoms with E-state index in [2.05, 4.69) is 13.2 Å². The van der Waals surface area contributed by atoms with Gasteiger partial charge in [-0.2, -0.15) is 0 Å². The fourth-order valence-electron chi connectivity index (χ4n) is 1.42. The van der Waals surface area contributed by atoms with Gasteiger partial charge in [-0.25, -0.2) is 0 Å². The standard InChI is InChI=1S/C15H16O/c1-3-4-5-6-7-8-9-10-14-13(2)15(14)11-12-16/h3-10,12,15H,1-2,11H2/b5-4-,7-6-,9-8-,14-10+. The minimum Gasteiger partial charge on any atom is -0.303 e. The van der Waals surface area contributed by atoms with Gasteiger partial charge < -0.3 is 4.79 Å². The van der Waals surface area contributed by atoms with Gasteiger partial charge in [0.1, 0.15) is 6.29 Å². The van der Waals surface area contributed by atoms with E-state index in [4.69, 9.17) is 0 Å². The summed E-state index contributed by atoms with van der Waals surface area (Å²) in [5, 5.41) is 0. The van der Waals surface area contributed by atoms with Gasteiger partial charge in [-0.05, 0) is 11.1 Å². The highest BCUT2D eigenvalue weighted by Gasteiger charge is 2.33. The van der Waals surface area contributed by atoms with Crippen LogP contribution in [0.1, 0.15) is 6.42 Å². The highest BCUT2D eigenvalue weighted by atomic mass is 16.1. The smallest absolute Gasteiger partial charge is 0.120 e. The molecule has 0 amide bonds. The van der Waals surface area contributed by atoms with E-state index in [0.29, 0.717) is 12.3 Å². The van der Waals surface area contributed by atoms with Crippen LogP contribution in [0.5, 0.6) is 0 Å².